The van der Waals surface area contributed by atoms with Crippen molar-refractivity contribution in [1.29, 1.82) is 0 Å². The number of benzene rings is 2. The number of rotatable bonds is 6. The fraction of sp³-hybridized carbons (Fsp3) is 0.118. The molecule has 1 heterocycles. The number of nitrogens with zero attached hydrogens (tertiary/aromatic N) is 4. The molecule has 0 aliphatic carbocycles. The maximum atomic E-state index is 12.1. The maximum absolute atomic E-state index is 12.1. The largest absolute Gasteiger partial charge is 0.484 e. The van der Waals surface area contributed by atoms with E-state index >= 15 is 0 Å². The quantitative estimate of drug-likeness (QED) is 0.690. The number of para-hydroxylation sites is 1. The van der Waals surface area contributed by atoms with Crippen LogP contribution in [0.2, 0.25) is 0 Å². The molecule has 1 N–H and O–H groups in total. The Labute approximate surface area is 143 Å². The molecule has 0 aliphatic heterocycles. The number of hydrogen-bond donors (Lipinski definition) is 1. The molecule has 0 fully saturated rings. The molecule has 0 aliphatic rings. The number of aromatic nitrogens is 4. The van der Waals surface area contributed by atoms with Gasteiger partial charge in [-0.2, -0.15) is 0 Å². The van der Waals surface area contributed by atoms with Crippen LogP contribution in [0, 0.1) is 0 Å². The monoisotopic (exact) mass is 337 g/mol. The van der Waals surface area contributed by atoms with Gasteiger partial charge in [-0.1, -0.05) is 18.2 Å². The molecule has 3 rings (SSSR count). The van der Waals surface area contributed by atoms with Crippen molar-refractivity contribution >= 4 is 17.4 Å². The van der Waals surface area contributed by atoms with Gasteiger partial charge in [0, 0.05) is 11.6 Å². The SMILES string of the molecule is CC(=O)c1ccccc1NC(=O)COc1cccc(-n2cnnn2)c1. The normalized spacial score (nSPS) is 10.3. The van der Waals surface area contributed by atoms with E-state index < -0.39 is 0 Å². The zero-order valence-corrected chi connectivity index (χ0v) is 13.4. The van der Waals surface area contributed by atoms with Gasteiger partial charge < -0.3 is 10.1 Å². The van der Waals surface area contributed by atoms with E-state index in [9.17, 15) is 9.59 Å². The number of carbonyl (C=O) groups is 2. The standard InChI is InChI=1S/C17H15N5O3/c1-12(23)15-7-2-3-8-16(15)19-17(24)10-25-14-6-4-5-13(9-14)22-11-18-20-21-22/h2-9,11H,10H2,1H3,(H,19,24). The molecular weight excluding hydrogens is 322 g/mol. The average molecular weight is 337 g/mol. The molecule has 0 saturated carbocycles. The van der Waals surface area contributed by atoms with E-state index in [0.717, 1.165) is 0 Å². The molecule has 0 saturated heterocycles. The summed E-state index contributed by atoms with van der Waals surface area (Å²) in [6.07, 6.45) is 1.46. The first-order valence-corrected chi connectivity index (χ1v) is 7.49. The third-order valence-electron chi connectivity index (χ3n) is 3.38. The third-order valence-corrected chi connectivity index (χ3v) is 3.38. The van der Waals surface area contributed by atoms with Gasteiger partial charge in [0.15, 0.2) is 12.4 Å². The molecular formula is C17H15N5O3. The lowest BCUT2D eigenvalue weighted by molar-refractivity contribution is -0.118. The van der Waals surface area contributed by atoms with Crippen molar-refractivity contribution in [2.75, 3.05) is 11.9 Å². The van der Waals surface area contributed by atoms with E-state index in [1.165, 1.54) is 17.9 Å². The average Bonchev–Trinajstić information content (AvgIpc) is 3.15. The minimum atomic E-state index is -0.360. The van der Waals surface area contributed by atoms with Gasteiger partial charge in [-0.25, -0.2) is 4.68 Å². The van der Waals surface area contributed by atoms with Crippen molar-refractivity contribution in [2.45, 2.75) is 6.92 Å². The highest BCUT2D eigenvalue weighted by atomic mass is 16.5. The van der Waals surface area contributed by atoms with E-state index in [2.05, 4.69) is 20.8 Å². The zero-order valence-electron chi connectivity index (χ0n) is 13.4. The lowest BCUT2D eigenvalue weighted by Gasteiger charge is -2.10. The van der Waals surface area contributed by atoms with Crippen molar-refractivity contribution < 1.29 is 14.3 Å². The van der Waals surface area contributed by atoms with Crippen LogP contribution in [0.1, 0.15) is 17.3 Å². The highest BCUT2D eigenvalue weighted by molar-refractivity contribution is 6.03. The topological polar surface area (TPSA) is 99.0 Å². The molecule has 0 spiro atoms. The molecule has 0 unspecified atom stereocenters. The van der Waals surface area contributed by atoms with Gasteiger partial charge in [0.05, 0.1) is 11.4 Å². The Morgan fingerprint density at radius 2 is 2.00 bits per heavy atom. The highest BCUT2D eigenvalue weighted by Crippen LogP contribution is 2.17. The molecule has 126 valence electrons. The molecule has 1 amide bonds. The van der Waals surface area contributed by atoms with E-state index in [1.54, 1.807) is 42.5 Å². The Morgan fingerprint density at radius 1 is 1.16 bits per heavy atom. The molecule has 0 bridgehead atoms. The summed E-state index contributed by atoms with van der Waals surface area (Å²) in [5, 5.41) is 13.6. The van der Waals surface area contributed by atoms with Crippen LogP contribution in [0.3, 0.4) is 0 Å². The Bertz CT molecular complexity index is 893. The first kappa shape index (κ1) is 16.3. The zero-order chi connectivity index (χ0) is 17.6. The second-order valence-electron chi connectivity index (χ2n) is 5.19. The molecule has 2 aromatic carbocycles. The van der Waals surface area contributed by atoms with Crippen LogP contribution < -0.4 is 10.1 Å². The first-order chi connectivity index (χ1) is 12.1. The number of anilines is 1. The number of nitrogens with one attached hydrogen (secondary N) is 1. The maximum Gasteiger partial charge on any atom is 0.262 e. The smallest absolute Gasteiger partial charge is 0.262 e. The number of ketones is 1. The third kappa shape index (κ3) is 4.05. The van der Waals surface area contributed by atoms with Crippen LogP contribution in [-0.4, -0.2) is 38.5 Å². The van der Waals surface area contributed by atoms with Crippen molar-refractivity contribution in [3.63, 3.8) is 0 Å². The Balaban J connectivity index is 1.63. The summed E-state index contributed by atoms with van der Waals surface area (Å²) >= 11 is 0. The molecule has 1 aromatic heterocycles. The van der Waals surface area contributed by atoms with Gasteiger partial charge in [0.2, 0.25) is 0 Å². The van der Waals surface area contributed by atoms with Crippen LogP contribution >= 0.6 is 0 Å². The fourth-order valence-corrected chi connectivity index (χ4v) is 2.23. The number of ether oxygens (including phenoxy) is 1. The van der Waals surface area contributed by atoms with Crippen molar-refractivity contribution in [1.82, 2.24) is 20.2 Å². The molecule has 0 atom stereocenters. The summed E-state index contributed by atoms with van der Waals surface area (Å²) < 4.78 is 6.98. The van der Waals surface area contributed by atoms with Crippen LogP contribution in [0.5, 0.6) is 5.75 Å². The number of amides is 1. The minimum absolute atomic E-state index is 0.119. The summed E-state index contributed by atoms with van der Waals surface area (Å²) in [6.45, 7) is 1.26. The molecule has 8 heteroatoms. The summed E-state index contributed by atoms with van der Waals surface area (Å²) in [5.74, 6) is 0.0236. The second kappa shape index (κ2) is 7.35. The predicted molar refractivity (Wildman–Crippen MR) is 89.7 cm³/mol. The number of Topliss-reactive ketones (excluding diaryl/α,β-unsaturated/α-hetero) is 1. The van der Waals surface area contributed by atoms with E-state index in [4.69, 9.17) is 4.74 Å². The Morgan fingerprint density at radius 3 is 2.76 bits per heavy atom. The van der Waals surface area contributed by atoms with Crippen molar-refractivity contribution in [3.8, 4) is 11.4 Å². The minimum Gasteiger partial charge on any atom is -0.484 e. The molecule has 0 radical (unpaired) electrons. The van der Waals surface area contributed by atoms with Crippen LogP contribution in [-0.2, 0) is 4.79 Å². The number of carbonyl (C=O) groups excluding carboxylic acids is 2. The Hall–Kier alpha value is -3.55. The number of tetrazole rings is 1. The fourth-order valence-electron chi connectivity index (χ4n) is 2.23. The summed E-state index contributed by atoms with van der Waals surface area (Å²) in [7, 11) is 0. The Kier molecular flexibility index (Phi) is 4.79. The van der Waals surface area contributed by atoms with Gasteiger partial charge >= 0.3 is 0 Å². The number of hydrogen-bond acceptors (Lipinski definition) is 6. The van der Waals surface area contributed by atoms with Crippen molar-refractivity contribution in [2.24, 2.45) is 0 Å². The van der Waals surface area contributed by atoms with Gasteiger partial charge in [-0.3, -0.25) is 9.59 Å². The summed E-state index contributed by atoms with van der Waals surface area (Å²) in [5.41, 5.74) is 1.63. The van der Waals surface area contributed by atoms with Gasteiger partial charge in [-0.05, 0) is 41.6 Å². The van der Waals surface area contributed by atoms with E-state index in [-0.39, 0.29) is 18.3 Å². The highest BCUT2D eigenvalue weighted by Gasteiger charge is 2.10. The lowest BCUT2D eigenvalue weighted by atomic mass is 10.1. The molecule has 25 heavy (non-hydrogen) atoms. The van der Waals surface area contributed by atoms with E-state index in [0.29, 0.717) is 22.7 Å². The predicted octanol–water partition coefficient (Wildman–Crippen LogP) is 1.88. The summed E-state index contributed by atoms with van der Waals surface area (Å²) in [4.78, 5) is 23.7. The molecule has 8 nitrogen and oxygen atoms in total. The van der Waals surface area contributed by atoms with Crippen LogP contribution in [0.4, 0.5) is 5.69 Å². The van der Waals surface area contributed by atoms with Crippen LogP contribution in [0.15, 0.2) is 54.9 Å². The van der Waals surface area contributed by atoms with Crippen molar-refractivity contribution in [3.05, 3.63) is 60.4 Å². The van der Waals surface area contributed by atoms with Gasteiger partial charge in [-0.15, -0.1) is 5.10 Å². The molecule has 3 aromatic rings. The van der Waals surface area contributed by atoms with E-state index in [1.807, 2.05) is 6.07 Å². The van der Waals surface area contributed by atoms with Gasteiger partial charge in [0.25, 0.3) is 5.91 Å². The van der Waals surface area contributed by atoms with Crippen LogP contribution in [0.25, 0.3) is 5.69 Å². The lowest BCUT2D eigenvalue weighted by Crippen LogP contribution is -2.21. The second-order valence-corrected chi connectivity index (χ2v) is 5.19. The van der Waals surface area contributed by atoms with Gasteiger partial charge in [0.1, 0.15) is 12.1 Å². The first-order valence-electron chi connectivity index (χ1n) is 7.49. The summed E-state index contributed by atoms with van der Waals surface area (Å²) in [6, 6.07) is 13.9.